The Kier molecular flexibility index (Phi) is 5.36. The SMILES string of the molecule is Cc1cc(C(=O)NC2CCCN(C3CCCCCC3)C2)nn1C. The predicted octanol–water partition coefficient (Wildman–Crippen LogP) is 2.65. The number of rotatable bonds is 3. The summed E-state index contributed by atoms with van der Waals surface area (Å²) in [6, 6.07) is 2.86. The molecule has 1 amide bonds. The van der Waals surface area contributed by atoms with Gasteiger partial charge in [0.05, 0.1) is 0 Å². The first-order valence-electron chi connectivity index (χ1n) is 9.19. The van der Waals surface area contributed by atoms with Gasteiger partial charge in [0.25, 0.3) is 5.91 Å². The zero-order chi connectivity index (χ0) is 16.2. The van der Waals surface area contributed by atoms with Gasteiger partial charge in [-0.05, 0) is 45.2 Å². The van der Waals surface area contributed by atoms with Crippen molar-refractivity contribution in [2.75, 3.05) is 13.1 Å². The van der Waals surface area contributed by atoms with Crippen molar-refractivity contribution in [1.29, 1.82) is 0 Å². The van der Waals surface area contributed by atoms with Crippen LogP contribution in [0.5, 0.6) is 0 Å². The van der Waals surface area contributed by atoms with Gasteiger partial charge in [0, 0.05) is 31.4 Å². The number of hydrogen-bond donors (Lipinski definition) is 1. The predicted molar refractivity (Wildman–Crippen MR) is 91.5 cm³/mol. The fourth-order valence-corrected chi connectivity index (χ4v) is 4.01. The molecule has 2 heterocycles. The van der Waals surface area contributed by atoms with Crippen LogP contribution in [0.15, 0.2) is 6.07 Å². The number of carbonyl (C=O) groups excluding carboxylic acids is 1. The van der Waals surface area contributed by atoms with Crippen molar-refractivity contribution in [3.05, 3.63) is 17.5 Å². The van der Waals surface area contributed by atoms with E-state index in [-0.39, 0.29) is 11.9 Å². The molecule has 0 aromatic carbocycles. The number of aryl methyl sites for hydroxylation is 2. The molecule has 1 atom stereocenters. The molecule has 5 nitrogen and oxygen atoms in total. The van der Waals surface area contributed by atoms with E-state index in [4.69, 9.17) is 0 Å². The largest absolute Gasteiger partial charge is 0.347 e. The van der Waals surface area contributed by atoms with Crippen LogP contribution in [0.3, 0.4) is 0 Å². The Morgan fingerprint density at radius 1 is 1.17 bits per heavy atom. The molecule has 23 heavy (non-hydrogen) atoms. The second-order valence-electron chi connectivity index (χ2n) is 7.25. The first-order valence-corrected chi connectivity index (χ1v) is 9.19. The van der Waals surface area contributed by atoms with E-state index >= 15 is 0 Å². The molecule has 0 bridgehead atoms. The smallest absolute Gasteiger partial charge is 0.272 e. The zero-order valence-corrected chi connectivity index (χ0v) is 14.6. The Balaban J connectivity index is 1.56. The minimum Gasteiger partial charge on any atom is -0.347 e. The Bertz CT molecular complexity index is 512. The summed E-state index contributed by atoms with van der Waals surface area (Å²) in [5.41, 5.74) is 1.55. The van der Waals surface area contributed by atoms with Gasteiger partial charge in [-0.1, -0.05) is 25.7 Å². The summed E-state index contributed by atoms with van der Waals surface area (Å²) in [4.78, 5) is 15.0. The lowest BCUT2D eigenvalue weighted by molar-refractivity contribution is 0.0855. The Morgan fingerprint density at radius 3 is 2.57 bits per heavy atom. The number of amides is 1. The highest BCUT2D eigenvalue weighted by atomic mass is 16.2. The maximum absolute atomic E-state index is 12.4. The van der Waals surface area contributed by atoms with Crippen molar-refractivity contribution in [3.63, 3.8) is 0 Å². The molecular weight excluding hydrogens is 288 g/mol. The van der Waals surface area contributed by atoms with Crippen LogP contribution >= 0.6 is 0 Å². The van der Waals surface area contributed by atoms with E-state index in [1.165, 1.54) is 51.5 Å². The molecule has 1 aromatic heterocycles. The van der Waals surface area contributed by atoms with Crippen LogP contribution in [0, 0.1) is 6.92 Å². The maximum Gasteiger partial charge on any atom is 0.272 e. The molecule has 3 rings (SSSR count). The lowest BCUT2D eigenvalue weighted by Gasteiger charge is -2.38. The van der Waals surface area contributed by atoms with Gasteiger partial charge in [-0.3, -0.25) is 14.4 Å². The Hall–Kier alpha value is -1.36. The second kappa shape index (κ2) is 7.47. The van der Waals surface area contributed by atoms with Gasteiger partial charge in [0.15, 0.2) is 0 Å². The molecule has 0 spiro atoms. The third-order valence-corrected chi connectivity index (χ3v) is 5.48. The average molecular weight is 318 g/mol. The van der Waals surface area contributed by atoms with E-state index in [2.05, 4.69) is 15.3 Å². The number of nitrogens with zero attached hydrogens (tertiary/aromatic N) is 3. The van der Waals surface area contributed by atoms with E-state index in [1.807, 2.05) is 20.0 Å². The van der Waals surface area contributed by atoms with Crippen LogP contribution in [-0.4, -0.2) is 45.8 Å². The zero-order valence-electron chi connectivity index (χ0n) is 14.6. The van der Waals surface area contributed by atoms with Crippen molar-refractivity contribution in [1.82, 2.24) is 20.0 Å². The van der Waals surface area contributed by atoms with E-state index in [0.29, 0.717) is 5.69 Å². The molecule has 2 aliphatic rings. The van der Waals surface area contributed by atoms with Gasteiger partial charge < -0.3 is 5.32 Å². The first kappa shape index (κ1) is 16.5. The van der Waals surface area contributed by atoms with Gasteiger partial charge in [-0.2, -0.15) is 5.10 Å². The second-order valence-corrected chi connectivity index (χ2v) is 7.25. The standard InChI is InChI=1S/C18H30N4O/c1-14-12-17(20-21(14)2)18(23)19-15-8-7-11-22(13-15)16-9-5-3-4-6-10-16/h12,15-16H,3-11,13H2,1-2H3,(H,19,23). The summed E-state index contributed by atoms with van der Waals surface area (Å²) < 4.78 is 1.76. The molecule has 1 aliphatic carbocycles. The van der Waals surface area contributed by atoms with Crippen LogP contribution in [0.4, 0.5) is 0 Å². The quantitative estimate of drug-likeness (QED) is 0.872. The number of nitrogens with one attached hydrogen (secondary N) is 1. The summed E-state index contributed by atoms with van der Waals surface area (Å²) in [6.45, 7) is 4.17. The molecule has 1 N–H and O–H groups in total. The van der Waals surface area contributed by atoms with Gasteiger partial charge in [0.1, 0.15) is 5.69 Å². The van der Waals surface area contributed by atoms with Crippen molar-refractivity contribution >= 4 is 5.91 Å². The van der Waals surface area contributed by atoms with Crippen LogP contribution in [0.25, 0.3) is 0 Å². The third-order valence-electron chi connectivity index (χ3n) is 5.48. The van der Waals surface area contributed by atoms with Crippen molar-refractivity contribution in [2.45, 2.75) is 70.4 Å². The molecular formula is C18H30N4O. The number of aromatic nitrogens is 2. The topological polar surface area (TPSA) is 50.2 Å². The molecule has 2 fully saturated rings. The minimum absolute atomic E-state index is 0.0265. The molecule has 1 aliphatic heterocycles. The fourth-order valence-electron chi connectivity index (χ4n) is 4.01. The normalized spacial score (nSPS) is 24.3. The van der Waals surface area contributed by atoms with Crippen molar-refractivity contribution < 1.29 is 4.79 Å². The number of likely N-dealkylation sites (tertiary alicyclic amines) is 1. The summed E-state index contributed by atoms with van der Waals surface area (Å²) in [7, 11) is 1.88. The molecule has 1 saturated heterocycles. The summed E-state index contributed by atoms with van der Waals surface area (Å²) in [5, 5.41) is 7.49. The van der Waals surface area contributed by atoms with E-state index in [9.17, 15) is 4.79 Å². The van der Waals surface area contributed by atoms with Crippen LogP contribution in [-0.2, 0) is 7.05 Å². The van der Waals surface area contributed by atoms with Crippen molar-refractivity contribution in [2.24, 2.45) is 7.05 Å². The van der Waals surface area contributed by atoms with Crippen LogP contribution < -0.4 is 5.32 Å². The molecule has 128 valence electrons. The lowest BCUT2D eigenvalue weighted by Crippen LogP contribution is -2.51. The van der Waals surface area contributed by atoms with E-state index in [1.54, 1.807) is 4.68 Å². The monoisotopic (exact) mass is 318 g/mol. The summed E-state index contributed by atoms with van der Waals surface area (Å²) >= 11 is 0. The Morgan fingerprint density at radius 2 is 1.91 bits per heavy atom. The Labute approximate surface area is 139 Å². The molecule has 5 heteroatoms. The summed E-state index contributed by atoms with van der Waals surface area (Å²) in [5.74, 6) is -0.0265. The van der Waals surface area contributed by atoms with E-state index in [0.717, 1.165) is 24.7 Å². The molecule has 1 saturated carbocycles. The number of hydrogen-bond acceptors (Lipinski definition) is 3. The van der Waals surface area contributed by atoms with Gasteiger partial charge in [-0.25, -0.2) is 0 Å². The lowest BCUT2D eigenvalue weighted by atomic mass is 10.00. The minimum atomic E-state index is -0.0265. The highest BCUT2D eigenvalue weighted by Crippen LogP contribution is 2.24. The van der Waals surface area contributed by atoms with Crippen molar-refractivity contribution in [3.8, 4) is 0 Å². The highest BCUT2D eigenvalue weighted by Gasteiger charge is 2.27. The van der Waals surface area contributed by atoms with Gasteiger partial charge in [0.2, 0.25) is 0 Å². The molecule has 1 aromatic rings. The first-order chi connectivity index (χ1) is 11.1. The number of carbonyl (C=O) groups is 1. The molecule has 0 radical (unpaired) electrons. The van der Waals surface area contributed by atoms with Gasteiger partial charge in [-0.15, -0.1) is 0 Å². The highest BCUT2D eigenvalue weighted by molar-refractivity contribution is 5.92. The maximum atomic E-state index is 12.4. The van der Waals surface area contributed by atoms with Gasteiger partial charge >= 0.3 is 0 Å². The van der Waals surface area contributed by atoms with E-state index < -0.39 is 0 Å². The average Bonchev–Trinajstić information content (AvgIpc) is 2.76. The third kappa shape index (κ3) is 4.14. The van der Waals surface area contributed by atoms with Crippen LogP contribution in [0.1, 0.15) is 67.5 Å². The number of piperidine rings is 1. The van der Waals surface area contributed by atoms with Crippen LogP contribution in [0.2, 0.25) is 0 Å². The molecule has 1 unspecified atom stereocenters. The fraction of sp³-hybridized carbons (Fsp3) is 0.778. The summed E-state index contributed by atoms with van der Waals surface area (Å²) in [6.07, 6.45) is 10.5.